The molecule has 0 aromatic carbocycles. The van der Waals surface area contributed by atoms with Gasteiger partial charge in [0.15, 0.2) is 0 Å². The van der Waals surface area contributed by atoms with Crippen LogP contribution in [0, 0.1) is 5.92 Å². The number of likely N-dealkylation sites (N-methyl/N-ethyl adjacent to an activating group) is 1. The number of hydrogen-bond acceptors (Lipinski definition) is 3. The Kier molecular flexibility index (Phi) is 4.78. The number of carbonyl (C=O) groups is 1. The van der Waals surface area contributed by atoms with Gasteiger partial charge in [-0.2, -0.15) is 0 Å². The predicted octanol–water partition coefficient (Wildman–Crippen LogP) is 0.511. The predicted molar refractivity (Wildman–Crippen MR) is 59.9 cm³/mol. The normalized spacial score (nSPS) is 23.0. The molecule has 1 aliphatic heterocycles. The first-order valence-electron chi connectivity index (χ1n) is 5.34. The zero-order valence-electron chi connectivity index (χ0n) is 9.52. The summed E-state index contributed by atoms with van der Waals surface area (Å²) in [4.78, 5) is 14.8. The lowest BCUT2D eigenvalue weighted by Gasteiger charge is -2.19. The molecule has 1 unspecified atom stereocenters. The fraction of sp³-hybridized carbons (Fsp3) is 0.727. The number of likely N-dealkylation sites (tertiary alicyclic amines) is 1. The molecule has 0 saturated carbocycles. The Morgan fingerprint density at radius 2 is 2.40 bits per heavy atom. The van der Waals surface area contributed by atoms with Crippen molar-refractivity contribution in [2.24, 2.45) is 5.92 Å². The average Bonchev–Trinajstić information content (AvgIpc) is 2.50. The van der Waals surface area contributed by atoms with Gasteiger partial charge in [-0.1, -0.05) is 6.08 Å². The van der Waals surface area contributed by atoms with Crippen molar-refractivity contribution < 1.29 is 9.90 Å². The Morgan fingerprint density at radius 3 is 2.93 bits per heavy atom. The molecule has 0 aliphatic carbocycles. The summed E-state index contributed by atoms with van der Waals surface area (Å²) in [5.74, 6) is -0.137. The van der Waals surface area contributed by atoms with Crippen molar-refractivity contribution in [2.75, 3.05) is 40.3 Å². The van der Waals surface area contributed by atoms with Crippen molar-refractivity contribution in [1.29, 1.82) is 0 Å². The molecule has 1 aliphatic rings. The quantitative estimate of drug-likeness (QED) is 0.674. The molecule has 0 amide bonds. The van der Waals surface area contributed by atoms with E-state index in [0.29, 0.717) is 6.54 Å². The highest BCUT2D eigenvalue weighted by molar-refractivity contribution is 5.79. The smallest absolute Gasteiger partial charge is 0.328 e. The molecule has 86 valence electrons. The molecule has 0 bridgehead atoms. The van der Waals surface area contributed by atoms with Crippen LogP contribution in [0.2, 0.25) is 0 Å². The van der Waals surface area contributed by atoms with E-state index in [4.69, 9.17) is 5.11 Å². The molecular weight excluding hydrogens is 192 g/mol. The lowest BCUT2D eigenvalue weighted by atomic mass is 10.1. The second-order valence-electron chi connectivity index (χ2n) is 4.38. The third-order valence-electron chi connectivity index (χ3n) is 2.74. The number of carboxylic acids is 1. The van der Waals surface area contributed by atoms with Crippen LogP contribution in [0.25, 0.3) is 0 Å². The van der Waals surface area contributed by atoms with Crippen LogP contribution >= 0.6 is 0 Å². The number of hydrogen-bond donors (Lipinski definition) is 1. The largest absolute Gasteiger partial charge is 0.478 e. The van der Waals surface area contributed by atoms with Crippen molar-refractivity contribution in [3.8, 4) is 0 Å². The van der Waals surface area contributed by atoms with E-state index >= 15 is 0 Å². The molecule has 0 radical (unpaired) electrons. The minimum absolute atomic E-state index is 0.715. The lowest BCUT2D eigenvalue weighted by molar-refractivity contribution is -0.131. The first-order chi connectivity index (χ1) is 7.08. The lowest BCUT2D eigenvalue weighted by Crippen LogP contribution is -2.27. The Bertz CT molecular complexity index is 241. The van der Waals surface area contributed by atoms with E-state index in [0.717, 1.165) is 19.0 Å². The third-order valence-corrected chi connectivity index (χ3v) is 2.74. The van der Waals surface area contributed by atoms with Crippen molar-refractivity contribution in [1.82, 2.24) is 9.80 Å². The molecule has 1 fully saturated rings. The first kappa shape index (κ1) is 12.2. The van der Waals surface area contributed by atoms with E-state index in [9.17, 15) is 4.79 Å². The molecular formula is C11H20N2O2. The van der Waals surface area contributed by atoms with E-state index in [1.54, 1.807) is 6.08 Å². The Balaban J connectivity index is 2.18. The van der Waals surface area contributed by atoms with Crippen molar-refractivity contribution in [2.45, 2.75) is 6.42 Å². The van der Waals surface area contributed by atoms with Gasteiger partial charge >= 0.3 is 5.97 Å². The van der Waals surface area contributed by atoms with E-state index in [1.165, 1.54) is 19.0 Å². The van der Waals surface area contributed by atoms with Gasteiger partial charge in [0.05, 0.1) is 0 Å². The second kappa shape index (κ2) is 5.88. The minimum atomic E-state index is -0.871. The second-order valence-corrected chi connectivity index (χ2v) is 4.38. The first-order valence-corrected chi connectivity index (χ1v) is 5.34. The maximum atomic E-state index is 10.3. The molecule has 1 atom stereocenters. The highest BCUT2D eigenvalue weighted by Crippen LogP contribution is 2.14. The fourth-order valence-corrected chi connectivity index (χ4v) is 2.02. The van der Waals surface area contributed by atoms with E-state index in [-0.39, 0.29) is 0 Å². The maximum Gasteiger partial charge on any atom is 0.328 e. The molecule has 1 N–H and O–H groups in total. The van der Waals surface area contributed by atoms with Gasteiger partial charge in [0, 0.05) is 25.7 Å². The number of rotatable bonds is 5. The number of nitrogens with zero attached hydrogens (tertiary/aromatic N) is 2. The van der Waals surface area contributed by atoms with E-state index in [1.807, 2.05) is 7.05 Å². The summed E-state index contributed by atoms with van der Waals surface area (Å²) in [6, 6.07) is 0. The SMILES string of the molecule is CN(CC=CC(=O)O)CC1CCN(C)C1. The van der Waals surface area contributed by atoms with Gasteiger partial charge in [-0.05, 0) is 33.0 Å². The van der Waals surface area contributed by atoms with Crippen molar-refractivity contribution >= 4 is 5.97 Å². The summed E-state index contributed by atoms with van der Waals surface area (Å²) in [6.45, 7) is 4.11. The highest BCUT2D eigenvalue weighted by atomic mass is 16.4. The Labute approximate surface area is 91.2 Å². The van der Waals surface area contributed by atoms with Crippen LogP contribution in [0.5, 0.6) is 0 Å². The van der Waals surface area contributed by atoms with Gasteiger partial charge in [-0.15, -0.1) is 0 Å². The monoisotopic (exact) mass is 212 g/mol. The molecule has 1 rings (SSSR count). The molecule has 15 heavy (non-hydrogen) atoms. The van der Waals surface area contributed by atoms with Gasteiger partial charge < -0.3 is 14.9 Å². The van der Waals surface area contributed by atoms with Crippen LogP contribution < -0.4 is 0 Å². The van der Waals surface area contributed by atoms with Gasteiger partial charge in [-0.25, -0.2) is 4.79 Å². The van der Waals surface area contributed by atoms with Crippen LogP contribution in [0.15, 0.2) is 12.2 Å². The Hall–Kier alpha value is -0.870. The van der Waals surface area contributed by atoms with Crippen LogP contribution in [0.1, 0.15) is 6.42 Å². The van der Waals surface area contributed by atoms with Gasteiger partial charge in [-0.3, -0.25) is 0 Å². The fourth-order valence-electron chi connectivity index (χ4n) is 2.02. The van der Waals surface area contributed by atoms with Gasteiger partial charge in [0.2, 0.25) is 0 Å². The standard InChI is InChI=1S/C11H20N2O2/c1-12(6-3-4-11(14)15)8-10-5-7-13(2)9-10/h3-4,10H,5-9H2,1-2H3,(H,14,15). The summed E-state index contributed by atoms with van der Waals surface area (Å²) < 4.78 is 0. The molecule has 0 aromatic rings. The summed E-state index contributed by atoms with van der Waals surface area (Å²) in [5.41, 5.74) is 0. The summed E-state index contributed by atoms with van der Waals surface area (Å²) in [5, 5.41) is 8.43. The van der Waals surface area contributed by atoms with Crippen LogP contribution in [0.3, 0.4) is 0 Å². The molecule has 4 nitrogen and oxygen atoms in total. The highest BCUT2D eigenvalue weighted by Gasteiger charge is 2.20. The number of aliphatic carboxylic acids is 1. The van der Waals surface area contributed by atoms with Crippen molar-refractivity contribution in [3.05, 3.63) is 12.2 Å². The Morgan fingerprint density at radius 1 is 1.67 bits per heavy atom. The van der Waals surface area contributed by atoms with Crippen LogP contribution in [-0.4, -0.2) is 61.2 Å². The molecule has 1 saturated heterocycles. The summed E-state index contributed by atoms with van der Waals surface area (Å²) in [6.07, 6.45) is 4.15. The minimum Gasteiger partial charge on any atom is -0.478 e. The van der Waals surface area contributed by atoms with Crippen LogP contribution in [-0.2, 0) is 4.79 Å². The zero-order chi connectivity index (χ0) is 11.3. The molecule has 4 heteroatoms. The topological polar surface area (TPSA) is 43.8 Å². The summed E-state index contributed by atoms with van der Waals surface area (Å²) >= 11 is 0. The summed E-state index contributed by atoms with van der Waals surface area (Å²) in [7, 11) is 4.18. The third kappa shape index (κ3) is 4.95. The average molecular weight is 212 g/mol. The van der Waals surface area contributed by atoms with E-state index < -0.39 is 5.97 Å². The van der Waals surface area contributed by atoms with Gasteiger partial charge in [0.1, 0.15) is 0 Å². The van der Waals surface area contributed by atoms with E-state index in [2.05, 4.69) is 16.8 Å². The maximum absolute atomic E-state index is 10.3. The molecule has 0 aromatic heterocycles. The molecule has 0 spiro atoms. The van der Waals surface area contributed by atoms with Crippen LogP contribution in [0.4, 0.5) is 0 Å². The number of carboxylic acid groups (broad SMARTS) is 1. The zero-order valence-corrected chi connectivity index (χ0v) is 9.52. The molecule has 1 heterocycles. The van der Waals surface area contributed by atoms with Crippen molar-refractivity contribution in [3.63, 3.8) is 0 Å². The van der Waals surface area contributed by atoms with Gasteiger partial charge in [0.25, 0.3) is 0 Å².